The van der Waals surface area contributed by atoms with E-state index in [1.54, 1.807) is 13.8 Å². The average molecular weight is 382 g/mol. The minimum absolute atomic E-state index is 0.0337. The lowest BCUT2D eigenvalue weighted by Crippen LogP contribution is -2.40. The molecule has 6 nitrogen and oxygen atoms in total. The fourth-order valence-corrected chi connectivity index (χ4v) is 3.44. The second-order valence-corrected chi connectivity index (χ2v) is 7.12. The molecule has 27 heavy (non-hydrogen) atoms. The molecule has 0 amide bonds. The quantitative estimate of drug-likeness (QED) is 0.240. The monoisotopic (exact) mass is 382 g/mol. The number of unbranched alkanes of at least 4 members (excludes halogenated alkanes) is 5. The molecule has 1 N–H and O–H groups in total. The predicted octanol–water partition coefficient (Wildman–Crippen LogP) is 3.50. The zero-order valence-corrected chi connectivity index (χ0v) is 16.9. The van der Waals surface area contributed by atoms with Crippen LogP contribution in [0.3, 0.4) is 0 Å². The van der Waals surface area contributed by atoms with Gasteiger partial charge in [-0.3, -0.25) is 14.4 Å². The molecule has 0 aromatic heterocycles. The third-order valence-electron chi connectivity index (χ3n) is 4.93. The number of hydrogen-bond acceptors (Lipinski definition) is 6. The Balaban J connectivity index is 2.73. The molecule has 0 saturated heterocycles. The SMILES string of the molecule is CCCCCCCCC(=O)/C=C1/CC(C(=O)OCC)(C(=O)OCC)CC1O. The lowest BCUT2D eigenvalue weighted by Gasteiger charge is -2.23. The highest BCUT2D eigenvalue weighted by Gasteiger charge is 2.55. The predicted molar refractivity (Wildman–Crippen MR) is 102 cm³/mol. The van der Waals surface area contributed by atoms with E-state index in [0.29, 0.717) is 12.0 Å². The minimum atomic E-state index is -1.56. The van der Waals surface area contributed by atoms with Gasteiger partial charge >= 0.3 is 11.9 Å². The van der Waals surface area contributed by atoms with Gasteiger partial charge in [0, 0.05) is 12.8 Å². The van der Waals surface area contributed by atoms with Gasteiger partial charge in [0.05, 0.1) is 19.3 Å². The lowest BCUT2D eigenvalue weighted by atomic mass is 9.85. The molecule has 0 spiro atoms. The molecule has 0 aromatic carbocycles. The summed E-state index contributed by atoms with van der Waals surface area (Å²) in [7, 11) is 0. The highest BCUT2D eigenvalue weighted by atomic mass is 16.6. The molecule has 6 heteroatoms. The van der Waals surface area contributed by atoms with Gasteiger partial charge in [0.2, 0.25) is 0 Å². The second kappa shape index (κ2) is 11.9. The first-order valence-electron chi connectivity index (χ1n) is 10.2. The Bertz CT molecular complexity index is 519. The second-order valence-electron chi connectivity index (χ2n) is 7.12. The van der Waals surface area contributed by atoms with Crippen LogP contribution in [0.25, 0.3) is 0 Å². The topological polar surface area (TPSA) is 89.9 Å². The molecule has 0 aliphatic heterocycles. The van der Waals surface area contributed by atoms with Crippen LogP contribution >= 0.6 is 0 Å². The van der Waals surface area contributed by atoms with Gasteiger partial charge in [-0.25, -0.2) is 0 Å². The normalized spacial score (nSPS) is 19.9. The van der Waals surface area contributed by atoms with Gasteiger partial charge in [0.25, 0.3) is 0 Å². The summed E-state index contributed by atoms with van der Waals surface area (Å²) in [6.07, 6.45) is 7.17. The molecule has 0 heterocycles. The van der Waals surface area contributed by atoms with Gasteiger partial charge in [-0.1, -0.05) is 39.0 Å². The number of ketones is 1. The molecular weight excluding hydrogens is 348 g/mol. The zero-order valence-electron chi connectivity index (χ0n) is 16.9. The molecule has 1 rings (SSSR count). The van der Waals surface area contributed by atoms with E-state index in [1.165, 1.54) is 25.3 Å². The molecule has 0 radical (unpaired) electrons. The van der Waals surface area contributed by atoms with Crippen LogP contribution in [0.2, 0.25) is 0 Å². The average Bonchev–Trinajstić information content (AvgIpc) is 2.96. The highest BCUT2D eigenvalue weighted by Crippen LogP contribution is 2.44. The van der Waals surface area contributed by atoms with Crippen molar-refractivity contribution in [3.05, 3.63) is 11.6 Å². The van der Waals surface area contributed by atoms with E-state index in [-0.39, 0.29) is 31.8 Å². The maximum absolute atomic E-state index is 12.4. The maximum atomic E-state index is 12.4. The molecule has 154 valence electrons. The van der Waals surface area contributed by atoms with E-state index in [4.69, 9.17) is 9.47 Å². The van der Waals surface area contributed by atoms with Crippen molar-refractivity contribution >= 4 is 17.7 Å². The van der Waals surface area contributed by atoms with E-state index < -0.39 is 23.5 Å². The van der Waals surface area contributed by atoms with Crippen molar-refractivity contribution < 1.29 is 29.0 Å². The molecule has 1 unspecified atom stereocenters. The Morgan fingerprint density at radius 1 is 1.00 bits per heavy atom. The van der Waals surface area contributed by atoms with E-state index in [2.05, 4.69) is 6.92 Å². The Kier molecular flexibility index (Phi) is 10.3. The van der Waals surface area contributed by atoms with Crippen LogP contribution in [0.4, 0.5) is 0 Å². The number of aliphatic hydroxyl groups is 1. The fourth-order valence-electron chi connectivity index (χ4n) is 3.44. The number of hydrogen-bond donors (Lipinski definition) is 1. The van der Waals surface area contributed by atoms with E-state index in [9.17, 15) is 19.5 Å². The number of carbonyl (C=O) groups excluding carboxylic acids is 3. The number of rotatable bonds is 12. The summed E-state index contributed by atoms with van der Waals surface area (Å²) in [5, 5.41) is 10.3. The van der Waals surface area contributed by atoms with E-state index in [1.807, 2.05) is 0 Å². The molecular formula is C21H34O6. The van der Waals surface area contributed by atoms with Gasteiger partial charge in [-0.2, -0.15) is 0 Å². The van der Waals surface area contributed by atoms with Gasteiger partial charge in [-0.15, -0.1) is 0 Å². The van der Waals surface area contributed by atoms with Crippen molar-refractivity contribution in [2.24, 2.45) is 5.41 Å². The van der Waals surface area contributed by atoms with Gasteiger partial charge in [0.15, 0.2) is 11.2 Å². The lowest BCUT2D eigenvalue weighted by molar-refractivity contribution is -0.172. The smallest absolute Gasteiger partial charge is 0.323 e. The third-order valence-corrected chi connectivity index (χ3v) is 4.93. The van der Waals surface area contributed by atoms with E-state index in [0.717, 1.165) is 19.3 Å². The summed E-state index contributed by atoms with van der Waals surface area (Å²) in [4.78, 5) is 37.0. The van der Waals surface area contributed by atoms with Crippen LogP contribution in [0, 0.1) is 5.41 Å². The number of esters is 2. The van der Waals surface area contributed by atoms with Crippen molar-refractivity contribution in [1.82, 2.24) is 0 Å². The maximum Gasteiger partial charge on any atom is 0.323 e. The zero-order chi connectivity index (χ0) is 20.3. The first-order valence-corrected chi connectivity index (χ1v) is 10.2. The summed E-state index contributed by atoms with van der Waals surface area (Å²) < 4.78 is 10.1. The van der Waals surface area contributed by atoms with Gasteiger partial charge < -0.3 is 14.6 Å². The van der Waals surface area contributed by atoms with Crippen molar-refractivity contribution in [3.63, 3.8) is 0 Å². The fraction of sp³-hybridized carbons (Fsp3) is 0.762. The van der Waals surface area contributed by atoms with Crippen LogP contribution < -0.4 is 0 Å². The Hall–Kier alpha value is -1.69. The molecule has 1 aliphatic rings. The van der Waals surface area contributed by atoms with Gasteiger partial charge in [0.1, 0.15) is 0 Å². The van der Waals surface area contributed by atoms with Gasteiger partial charge in [-0.05, 0) is 38.3 Å². The first kappa shape index (κ1) is 23.3. The molecule has 1 aliphatic carbocycles. The van der Waals surface area contributed by atoms with Crippen molar-refractivity contribution in [1.29, 1.82) is 0 Å². The van der Waals surface area contributed by atoms with Crippen LogP contribution in [0.1, 0.15) is 78.6 Å². The summed E-state index contributed by atoms with van der Waals surface area (Å²) in [5.74, 6) is -1.48. The molecule has 1 saturated carbocycles. The highest BCUT2D eigenvalue weighted by molar-refractivity contribution is 6.01. The van der Waals surface area contributed by atoms with Crippen molar-refractivity contribution in [2.75, 3.05) is 13.2 Å². The largest absolute Gasteiger partial charge is 0.465 e. The number of ether oxygens (including phenoxy) is 2. The van der Waals surface area contributed by atoms with E-state index >= 15 is 0 Å². The molecule has 1 fully saturated rings. The molecule has 1 atom stereocenters. The van der Waals surface area contributed by atoms with Crippen molar-refractivity contribution in [3.8, 4) is 0 Å². The Labute approximate surface area is 162 Å². The minimum Gasteiger partial charge on any atom is -0.465 e. The summed E-state index contributed by atoms with van der Waals surface area (Å²) in [5.41, 5.74) is -1.15. The Morgan fingerprint density at radius 2 is 1.56 bits per heavy atom. The first-order chi connectivity index (χ1) is 12.9. The van der Waals surface area contributed by atoms with Crippen molar-refractivity contribution in [2.45, 2.75) is 84.7 Å². The third kappa shape index (κ3) is 6.76. The summed E-state index contributed by atoms with van der Waals surface area (Å²) >= 11 is 0. The van der Waals surface area contributed by atoms with Crippen LogP contribution in [-0.4, -0.2) is 42.1 Å². The van der Waals surface area contributed by atoms with Crippen LogP contribution in [-0.2, 0) is 23.9 Å². The molecule has 0 aromatic rings. The number of allylic oxidation sites excluding steroid dienone is 1. The van der Waals surface area contributed by atoms with Crippen LogP contribution in [0.5, 0.6) is 0 Å². The molecule has 0 bridgehead atoms. The summed E-state index contributed by atoms with van der Waals surface area (Å²) in [6, 6.07) is 0. The number of carbonyl (C=O) groups is 3. The number of aliphatic hydroxyl groups excluding tert-OH is 1. The Morgan fingerprint density at radius 3 is 2.11 bits per heavy atom. The summed E-state index contributed by atoms with van der Waals surface area (Å²) in [6.45, 7) is 5.74. The van der Waals surface area contributed by atoms with Crippen LogP contribution in [0.15, 0.2) is 11.6 Å². The standard InChI is InChI=1S/C21H34O6/c1-4-7-8-9-10-11-12-17(22)13-16-14-21(15-18(16)23,19(24)26-5-2)20(25)27-6-3/h13,18,23H,4-12,14-15H2,1-3H3/b16-13-.